The fourth-order valence-corrected chi connectivity index (χ4v) is 1.97. The zero-order valence-electron chi connectivity index (χ0n) is 11.8. The maximum absolute atomic E-state index is 12.1. The minimum Gasteiger partial charge on any atom is -0.489 e. The van der Waals surface area contributed by atoms with E-state index in [0.29, 0.717) is 17.9 Å². The van der Waals surface area contributed by atoms with E-state index in [1.807, 2.05) is 24.3 Å². The van der Waals surface area contributed by atoms with Crippen molar-refractivity contribution in [2.24, 2.45) is 5.10 Å². The van der Waals surface area contributed by atoms with Crippen LogP contribution in [0.4, 0.5) is 0 Å². The molecule has 0 aliphatic heterocycles. The molecule has 0 aliphatic carbocycles. The van der Waals surface area contributed by atoms with Crippen LogP contribution in [0.3, 0.4) is 0 Å². The molecule has 0 fully saturated rings. The highest BCUT2D eigenvalue weighted by Crippen LogP contribution is 2.17. The number of nitrogens with one attached hydrogen (secondary N) is 1. The Labute approximate surface area is 137 Å². The van der Waals surface area contributed by atoms with E-state index >= 15 is 0 Å². The summed E-state index contributed by atoms with van der Waals surface area (Å²) in [6, 6.07) is 14.6. The van der Waals surface area contributed by atoms with Crippen LogP contribution in [0.25, 0.3) is 0 Å². The zero-order chi connectivity index (χ0) is 15.8. The van der Waals surface area contributed by atoms with Gasteiger partial charge in [0.05, 0.1) is 11.8 Å². The first-order chi connectivity index (χ1) is 10.7. The van der Waals surface area contributed by atoms with Crippen molar-refractivity contribution < 1.29 is 9.53 Å². The first-order valence-electron chi connectivity index (χ1n) is 6.62. The Hall–Kier alpha value is -2.40. The molecule has 4 nitrogen and oxygen atoms in total. The van der Waals surface area contributed by atoms with Crippen molar-refractivity contribution in [2.75, 3.05) is 6.61 Å². The van der Waals surface area contributed by atoms with E-state index in [9.17, 15) is 4.79 Å². The summed E-state index contributed by atoms with van der Waals surface area (Å²) in [5.74, 6) is 0.173. The van der Waals surface area contributed by atoms with E-state index in [1.165, 1.54) is 0 Å². The second-order valence-corrected chi connectivity index (χ2v) is 5.26. The lowest BCUT2D eigenvalue weighted by Gasteiger charge is -2.08. The van der Waals surface area contributed by atoms with Crippen LogP contribution in [0.1, 0.15) is 15.9 Å². The summed E-state index contributed by atoms with van der Waals surface area (Å²) in [5, 5.41) is 3.95. The molecule has 0 spiro atoms. The van der Waals surface area contributed by atoms with Crippen LogP contribution in [0, 0.1) is 0 Å². The fraction of sp³-hybridized carbons (Fsp3) is 0.0588. The summed E-state index contributed by atoms with van der Waals surface area (Å²) in [7, 11) is 0. The quantitative estimate of drug-likeness (QED) is 0.485. The lowest BCUT2D eigenvalue weighted by Crippen LogP contribution is -2.18. The summed E-state index contributed by atoms with van der Waals surface area (Å²) >= 11 is 3.36. The Morgan fingerprint density at radius 3 is 2.68 bits per heavy atom. The molecule has 5 heteroatoms. The molecule has 0 heterocycles. The predicted molar refractivity (Wildman–Crippen MR) is 91.3 cm³/mol. The molecule has 0 aromatic heterocycles. The highest BCUT2D eigenvalue weighted by atomic mass is 79.9. The van der Waals surface area contributed by atoms with Crippen LogP contribution < -0.4 is 10.2 Å². The molecule has 0 bridgehead atoms. The van der Waals surface area contributed by atoms with Crippen molar-refractivity contribution in [3.8, 4) is 5.75 Å². The SMILES string of the molecule is C=CCOc1ccccc1C(=O)N/N=C/c1ccc(Br)cc1. The van der Waals surface area contributed by atoms with E-state index in [0.717, 1.165) is 10.0 Å². The van der Waals surface area contributed by atoms with Crippen molar-refractivity contribution in [1.29, 1.82) is 0 Å². The van der Waals surface area contributed by atoms with Gasteiger partial charge in [0, 0.05) is 4.47 Å². The third-order valence-electron chi connectivity index (χ3n) is 2.74. The highest BCUT2D eigenvalue weighted by Gasteiger charge is 2.10. The molecule has 22 heavy (non-hydrogen) atoms. The van der Waals surface area contributed by atoms with Gasteiger partial charge in [-0.25, -0.2) is 5.43 Å². The van der Waals surface area contributed by atoms with Crippen molar-refractivity contribution in [3.05, 3.63) is 76.8 Å². The molecule has 2 aromatic rings. The molecular weight excluding hydrogens is 344 g/mol. The number of ether oxygens (including phenoxy) is 1. The average molecular weight is 359 g/mol. The van der Waals surface area contributed by atoms with Gasteiger partial charge in [-0.05, 0) is 29.8 Å². The second kappa shape index (κ2) is 8.14. The number of halogens is 1. The third kappa shape index (κ3) is 4.56. The molecule has 1 N–H and O–H groups in total. The van der Waals surface area contributed by atoms with Gasteiger partial charge >= 0.3 is 0 Å². The monoisotopic (exact) mass is 358 g/mol. The molecule has 0 unspecified atom stereocenters. The number of rotatable bonds is 6. The molecule has 0 radical (unpaired) electrons. The first kappa shape index (κ1) is 16.0. The molecule has 0 saturated carbocycles. The van der Waals surface area contributed by atoms with E-state index < -0.39 is 0 Å². The number of nitrogens with zero attached hydrogens (tertiary/aromatic N) is 1. The van der Waals surface area contributed by atoms with Crippen molar-refractivity contribution in [3.63, 3.8) is 0 Å². The Bertz CT molecular complexity index is 681. The second-order valence-electron chi connectivity index (χ2n) is 4.35. The van der Waals surface area contributed by atoms with Crippen molar-refractivity contribution >= 4 is 28.1 Å². The number of amides is 1. The van der Waals surface area contributed by atoms with Crippen LogP contribution >= 0.6 is 15.9 Å². The summed E-state index contributed by atoms with van der Waals surface area (Å²) in [4.78, 5) is 12.1. The lowest BCUT2D eigenvalue weighted by atomic mass is 10.2. The van der Waals surface area contributed by atoms with E-state index in [-0.39, 0.29) is 5.91 Å². The lowest BCUT2D eigenvalue weighted by molar-refractivity contribution is 0.0951. The maximum atomic E-state index is 12.1. The molecule has 1 amide bonds. The van der Waals surface area contributed by atoms with Crippen LogP contribution in [-0.2, 0) is 0 Å². The van der Waals surface area contributed by atoms with Crippen molar-refractivity contribution in [1.82, 2.24) is 5.43 Å². The van der Waals surface area contributed by atoms with Gasteiger partial charge in [0.1, 0.15) is 12.4 Å². The van der Waals surface area contributed by atoms with Gasteiger partial charge in [-0.3, -0.25) is 4.79 Å². The molecule has 0 atom stereocenters. The molecule has 2 rings (SSSR count). The van der Waals surface area contributed by atoms with E-state index in [4.69, 9.17) is 4.74 Å². The molecule has 2 aromatic carbocycles. The number of benzene rings is 2. The van der Waals surface area contributed by atoms with Gasteiger partial charge in [-0.1, -0.05) is 52.9 Å². The van der Waals surface area contributed by atoms with Gasteiger partial charge in [0.25, 0.3) is 5.91 Å². The summed E-state index contributed by atoms with van der Waals surface area (Å²) in [5.41, 5.74) is 3.81. The van der Waals surface area contributed by atoms with E-state index in [1.54, 1.807) is 36.6 Å². The van der Waals surface area contributed by atoms with Gasteiger partial charge in [-0.15, -0.1) is 0 Å². The Morgan fingerprint density at radius 2 is 1.95 bits per heavy atom. The standard InChI is InChI=1S/C17H15BrN2O2/c1-2-11-22-16-6-4-3-5-15(16)17(21)20-19-12-13-7-9-14(18)10-8-13/h2-10,12H,1,11H2,(H,20,21)/b19-12+. The smallest absolute Gasteiger partial charge is 0.275 e. The van der Waals surface area contributed by atoms with Crippen molar-refractivity contribution in [2.45, 2.75) is 0 Å². The third-order valence-corrected chi connectivity index (χ3v) is 3.27. The van der Waals surface area contributed by atoms with Crippen LogP contribution in [0.5, 0.6) is 5.75 Å². The zero-order valence-corrected chi connectivity index (χ0v) is 13.4. The molecule has 0 saturated heterocycles. The van der Waals surface area contributed by atoms with Crippen LogP contribution in [0.15, 0.2) is 70.8 Å². The topological polar surface area (TPSA) is 50.7 Å². The average Bonchev–Trinajstić information content (AvgIpc) is 2.55. The largest absolute Gasteiger partial charge is 0.489 e. The Kier molecular flexibility index (Phi) is 5.91. The predicted octanol–water partition coefficient (Wildman–Crippen LogP) is 3.78. The van der Waals surface area contributed by atoms with Crippen LogP contribution in [-0.4, -0.2) is 18.7 Å². The first-order valence-corrected chi connectivity index (χ1v) is 7.41. The Balaban J connectivity index is 2.03. The minimum absolute atomic E-state index is 0.326. The normalized spacial score (nSPS) is 10.4. The summed E-state index contributed by atoms with van der Waals surface area (Å²) in [6.07, 6.45) is 3.21. The summed E-state index contributed by atoms with van der Waals surface area (Å²) in [6.45, 7) is 3.93. The number of para-hydroxylation sites is 1. The molecular formula is C17H15BrN2O2. The van der Waals surface area contributed by atoms with Gasteiger partial charge in [0.15, 0.2) is 0 Å². The van der Waals surface area contributed by atoms with Gasteiger partial charge < -0.3 is 4.74 Å². The molecule has 112 valence electrons. The summed E-state index contributed by atoms with van der Waals surface area (Å²) < 4.78 is 6.44. The minimum atomic E-state index is -0.326. The highest BCUT2D eigenvalue weighted by molar-refractivity contribution is 9.10. The van der Waals surface area contributed by atoms with Crippen LogP contribution in [0.2, 0.25) is 0 Å². The Morgan fingerprint density at radius 1 is 1.23 bits per heavy atom. The number of carbonyl (C=O) groups excluding carboxylic acids is 1. The number of hydrazone groups is 1. The molecule has 0 aliphatic rings. The fourth-order valence-electron chi connectivity index (χ4n) is 1.70. The van der Waals surface area contributed by atoms with E-state index in [2.05, 4.69) is 33.0 Å². The maximum Gasteiger partial charge on any atom is 0.275 e. The number of hydrogen-bond donors (Lipinski definition) is 1. The van der Waals surface area contributed by atoms with Gasteiger partial charge in [0.2, 0.25) is 0 Å². The number of carbonyl (C=O) groups is 1. The number of hydrogen-bond acceptors (Lipinski definition) is 3. The van der Waals surface area contributed by atoms with Gasteiger partial charge in [-0.2, -0.15) is 5.10 Å².